The van der Waals surface area contributed by atoms with E-state index in [0.717, 1.165) is 25.7 Å². The molecule has 0 aromatic carbocycles. The van der Waals surface area contributed by atoms with Gasteiger partial charge < -0.3 is 14.6 Å². The molecule has 1 saturated heterocycles. The number of esters is 1. The van der Waals surface area contributed by atoms with E-state index in [1.165, 1.54) is 0 Å². The molecule has 21 heavy (non-hydrogen) atoms. The maximum absolute atomic E-state index is 12.0. The third-order valence-electron chi connectivity index (χ3n) is 4.96. The SMILES string of the molecule is CC1(C)CC(COC(=O)CC2(O)CCCCC2)C(C)(C)O1. The molecular formula is C17H30O4. The summed E-state index contributed by atoms with van der Waals surface area (Å²) in [5.41, 5.74) is -1.27. The van der Waals surface area contributed by atoms with E-state index in [1.54, 1.807) is 0 Å². The summed E-state index contributed by atoms with van der Waals surface area (Å²) in [6, 6.07) is 0. The molecule has 122 valence electrons. The molecule has 0 aromatic rings. The molecular weight excluding hydrogens is 268 g/mol. The molecule has 2 rings (SSSR count). The Kier molecular flexibility index (Phi) is 4.69. The first-order valence-electron chi connectivity index (χ1n) is 8.20. The Hall–Kier alpha value is -0.610. The highest BCUT2D eigenvalue weighted by molar-refractivity contribution is 5.70. The van der Waals surface area contributed by atoms with Gasteiger partial charge in [0.15, 0.2) is 0 Å². The molecule has 1 heterocycles. The predicted molar refractivity (Wildman–Crippen MR) is 81.0 cm³/mol. The Morgan fingerprint density at radius 3 is 2.33 bits per heavy atom. The molecule has 1 atom stereocenters. The monoisotopic (exact) mass is 298 g/mol. The van der Waals surface area contributed by atoms with E-state index in [0.29, 0.717) is 19.4 Å². The third kappa shape index (κ3) is 4.43. The molecule has 0 spiro atoms. The standard InChI is InChI=1S/C17H30O4/c1-15(2)10-13(16(3,4)21-15)12-20-14(18)11-17(19)8-6-5-7-9-17/h13,19H,5-12H2,1-4H3. The minimum Gasteiger partial charge on any atom is -0.465 e. The molecule has 1 unspecified atom stereocenters. The lowest BCUT2D eigenvalue weighted by Gasteiger charge is -2.31. The maximum Gasteiger partial charge on any atom is 0.308 e. The highest BCUT2D eigenvalue weighted by atomic mass is 16.5. The van der Waals surface area contributed by atoms with Gasteiger partial charge in [-0.2, -0.15) is 0 Å². The second-order valence-electron chi connectivity index (χ2n) is 8.01. The van der Waals surface area contributed by atoms with Gasteiger partial charge in [-0.15, -0.1) is 0 Å². The zero-order valence-corrected chi connectivity index (χ0v) is 13.9. The van der Waals surface area contributed by atoms with Crippen LogP contribution in [0.4, 0.5) is 0 Å². The highest BCUT2D eigenvalue weighted by Crippen LogP contribution is 2.42. The molecule has 4 nitrogen and oxygen atoms in total. The van der Waals surface area contributed by atoms with Crippen LogP contribution in [0.15, 0.2) is 0 Å². The molecule has 0 aromatic heterocycles. The zero-order valence-electron chi connectivity index (χ0n) is 13.9. The largest absolute Gasteiger partial charge is 0.465 e. The molecule has 0 bridgehead atoms. The summed E-state index contributed by atoms with van der Waals surface area (Å²) in [5, 5.41) is 10.4. The number of carbonyl (C=O) groups is 1. The van der Waals surface area contributed by atoms with E-state index in [-0.39, 0.29) is 29.5 Å². The van der Waals surface area contributed by atoms with Crippen LogP contribution in [0.25, 0.3) is 0 Å². The number of aliphatic hydroxyl groups is 1. The van der Waals surface area contributed by atoms with Gasteiger partial charge in [-0.05, 0) is 47.0 Å². The van der Waals surface area contributed by atoms with Gasteiger partial charge >= 0.3 is 5.97 Å². The van der Waals surface area contributed by atoms with Gasteiger partial charge in [-0.25, -0.2) is 0 Å². The topological polar surface area (TPSA) is 55.8 Å². The number of carbonyl (C=O) groups excluding carboxylic acids is 1. The summed E-state index contributed by atoms with van der Waals surface area (Å²) in [6.45, 7) is 8.62. The van der Waals surface area contributed by atoms with Gasteiger partial charge in [-0.1, -0.05) is 19.3 Å². The number of rotatable bonds is 4. The number of hydrogen-bond donors (Lipinski definition) is 1. The Labute approximate surface area is 128 Å². The lowest BCUT2D eigenvalue weighted by Crippen LogP contribution is -2.36. The van der Waals surface area contributed by atoms with Gasteiger partial charge in [0.05, 0.1) is 29.8 Å². The van der Waals surface area contributed by atoms with Crippen LogP contribution in [-0.4, -0.2) is 34.5 Å². The smallest absolute Gasteiger partial charge is 0.308 e. The molecule has 2 aliphatic rings. The minimum atomic E-state index is -0.837. The van der Waals surface area contributed by atoms with Crippen molar-refractivity contribution in [1.82, 2.24) is 0 Å². The molecule has 4 heteroatoms. The van der Waals surface area contributed by atoms with Crippen molar-refractivity contribution in [3.8, 4) is 0 Å². The fourth-order valence-electron chi connectivity index (χ4n) is 3.84. The van der Waals surface area contributed by atoms with Crippen LogP contribution in [0, 0.1) is 5.92 Å². The van der Waals surface area contributed by atoms with Crippen molar-refractivity contribution < 1.29 is 19.4 Å². The van der Waals surface area contributed by atoms with Crippen molar-refractivity contribution in [2.45, 2.75) is 89.4 Å². The first kappa shape index (κ1) is 16.8. The lowest BCUT2D eigenvalue weighted by atomic mass is 9.82. The van der Waals surface area contributed by atoms with E-state index in [1.807, 2.05) is 0 Å². The summed E-state index contributed by atoms with van der Waals surface area (Å²) < 4.78 is 11.5. The van der Waals surface area contributed by atoms with Crippen molar-refractivity contribution in [2.24, 2.45) is 5.92 Å². The fourth-order valence-corrected chi connectivity index (χ4v) is 3.84. The molecule has 1 N–H and O–H groups in total. The average Bonchev–Trinajstić information content (AvgIpc) is 2.54. The van der Waals surface area contributed by atoms with Crippen LogP contribution >= 0.6 is 0 Å². The van der Waals surface area contributed by atoms with Gasteiger partial charge in [0.25, 0.3) is 0 Å². The van der Waals surface area contributed by atoms with Crippen molar-refractivity contribution in [2.75, 3.05) is 6.61 Å². The molecule has 1 aliphatic heterocycles. The first-order chi connectivity index (χ1) is 9.62. The molecule has 1 aliphatic carbocycles. The fraction of sp³-hybridized carbons (Fsp3) is 0.941. The highest BCUT2D eigenvalue weighted by Gasteiger charge is 2.46. The van der Waals surface area contributed by atoms with E-state index in [2.05, 4.69) is 27.7 Å². The van der Waals surface area contributed by atoms with Crippen molar-refractivity contribution in [3.63, 3.8) is 0 Å². The van der Waals surface area contributed by atoms with Crippen molar-refractivity contribution in [3.05, 3.63) is 0 Å². The Morgan fingerprint density at radius 1 is 1.19 bits per heavy atom. The number of ether oxygens (including phenoxy) is 2. The second-order valence-corrected chi connectivity index (χ2v) is 8.01. The zero-order chi connectivity index (χ0) is 15.7. The molecule has 0 radical (unpaired) electrons. The summed E-state index contributed by atoms with van der Waals surface area (Å²) in [7, 11) is 0. The first-order valence-corrected chi connectivity index (χ1v) is 8.20. The van der Waals surface area contributed by atoms with Crippen LogP contribution in [0.5, 0.6) is 0 Å². The Morgan fingerprint density at radius 2 is 1.81 bits per heavy atom. The number of hydrogen-bond acceptors (Lipinski definition) is 4. The normalized spacial score (nSPS) is 30.0. The lowest BCUT2D eigenvalue weighted by molar-refractivity contribution is -0.153. The van der Waals surface area contributed by atoms with Crippen LogP contribution in [0.1, 0.15) is 72.6 Å². The van der Waals surface area contributed by atoms with E-state index < -0.39 is 5.60 Å². The van der Waals surface area contributed by atoms with Gasteiger partial charge in [0.1, 0.15) is 0 Å². The van der Waals surface area contributed by atoms with Crippen LogP contribution in [0.2, 0.25) is 0 Å². The van der Waals surface area contributed by atoms with Gasteiger partial charge in [0, 0.05) is 5.92 Å². The van der Waals surface area contributed by atoms with Crippen LogP contribution in [0.3, 0.4) is 0 Å². The Bertz CT molecular complexity index is 380. The average molecular weight is 298 g/mol. The van der Waals surface area contributed by atoms with Crippen molar-refractivity contribution in [1.29, 1.82) is 0 Å². The van der Waals surface area contributed by atoms with E-state index in [9.17, 15) is 9.90 Å². The predicted octanol–water partition coefficient (Wildman–Crippen LogP) is 3.21. The third-order valence-corrected chi connectivity index (χ3v) is 4.96. The van der Waals surface area contributed by atoms with Gasteiger partial charge in [-0.3, -0.25) is 4.79 Å². The Balaban J connectivity index is 1.81. The minimum absolute atomic E-state index is 0.129. The van der Waals surface area contributed by atoms with Crippen LogP contribution in [-0.2, 0) is 14.3 Å². The van der Waals surface area contributed by atoms with E-state index >= 15 is 0 Å². The summed E-state index contributed by atoms with van der Waals surface area (Å²) >= 11 is 0. The van der Waals surface area contributed by atoms with Crippen LogP contribution < -0.4 is 0 Å². The molecule has 0 amide bonds. The van der Waals surface area contributed by atoms with Gasteiger partial charge in [0.2, 0.25) is 0 Å². The maximum atomic E-state index is 12.0. The summed E-state index contributed by atoms with van der Waals surface area (Å²) in [6.07, 6.45) is 5.60. The molecule has 2 fully saturated rings. The van der Waals surface area contributed by atoms with E-state index in [4.69, 9.17) is 9.47 Å². The quantitative estimate of drug-likeness (QED) is 0.810. The summed E-state index contributed by atoms with van der Waals surface area (Å²) in [5.74, 6) is -0.0719. The summed E-state index contributed by atoms with van der Waals surface area (Å²) in [4.78, 5) is 12.0. The van der Waals surface area contributed by atoms with Crippen molar-refractivity contribution >= 4 is 5.97 Å². The second kappa shape index (κ2) is 5.88. The molecule has 1 saturated carbocycles.